The van der Waals surface area contributed by atoms with Crippen LogP contribution >= 0.6 is 11.6 Å². The lowest BCUT2D eigenvalue weighted by Crippen LogP contribution is -2.48. The van der Waals surface area contributed by atoms with Gasteiger partial charge >= 0.3 is 0 Å². The maximum atomic E-state index is 11.5. The quantitative estimate of drug-likeness (QED) is 0.823. The van der Waals surface area contributed by atoms with Crippen LogP contribution in [0, 0.1) is 5.92 Å². The maximum Gasteiger partial charge on any atom is 0.271 e. The number of aromatic nitrogens is 2. The van der Waals surface area contributed by atoms with Crippen molar-refractivity contribution in [1.29, 1.82) is 0 Å². The number of piperazine rings is 1. The van der Waals surface area contributed by atoms with Gasteiger partial charge in [0, 0.05) is 32.7 Å². The molecule has 1 aliphatic heterocycles. The molecule has 1 fully saturated rings. The summed E-state index contributed by atoms with van der Waals surface area (Å²) in [6, 6.07) is 0. The van der Waals surface area contributed by atoms with E-state index in [9.17, 15) is 4.79 Å². The Labute approximate surface area is 117 Å². The first-order valence-electron chi connectivity index (χ1n) is 6.52. The molecule has 1 saturated heterocycles. The Kier molecular flexibility index (Phi) is 4.79. The molecule has 3 N–H and O–H groups in total. The molecule has 0 saturated carbocycles. The zero-order chi connectivity index (χ0) is 13.8. The molecule has 0 amide bonds. The number of anilines is 1. The number of halogens is 1. The molecule has 2 heterocycles. The zero-order valence-corrected chi connectivity index (χ0v) is 11.9. The number of nitrogens with two attached hydrogens (primary N) is 1. The first-order valence-corrected chi connectivity index (χ1v) is 6.90. The fraction of sp³-hybridized carbons (Fsp3) is 0.667. The van der Waals surface area contributed by atoms with Gasteiger partial charge in [0.05, 0.1) is 6.33 Å². The molecule has 0 spiro atoms. The molecule has 1 aromatic heterocycles. The highest BCUT2D eigenvalue weighted by atomic mass is 35.5. The van der Waals surface area contributed by atoms with Crippen molar-refractivity contribution in [3.05, 3.63) is 21.7 Å². The number of nitrogens with zero attached hydrogens (tertiary/aromatic N) is 3. The Morgan fingerprint density at radius 1 is 1.47 bits per heavy atom. The van der Waals surface area contributed by atoms with Gasteiger partial charge in [-0.15, -0.1) is 0 Å². The highest BCUT2D eigenvalue weighted by Gasteiger charge is 2.21. The Morgan fingerprint density at radius 2 is 2.16 bits per heavy atom. The second kappa shape index (κ2) is 6.36. The van der Waals surface area contributed by atoms with Gasteiger partial charge in [0.2, 0.25) is 0 Å². The van der Waals surface area contributed by atoms with E-state index in [0.717, 1.165) is 32.7 Å². The molecule has 1 unspecified atom stereocenters. The molecule has 1 atom stereocenters. The minimum Gasteiger partial charge on any atom is -0.353 e. The van der Waals surface area contributed by atoms with Gasteiger partial charge in [-0.05, 0) is 12.5 Å². The lowest BCUT2D eigenvalue weighted by molar-refractivity contribution is 0.227. The van der Waals surface area contributed by atoms with Crippen molar-refractivity contribution in [2.24, 2.45) is 11.7 Å². The van der Waals surface area contributed by atoms with E-state index in [1.165, 1.54) is 6.33 Å². The van der Waals surface area contributed by atoms with Crippen LogP contribution in [0.2, 0.25) is 5.02 Å². The molecule has 7 heteroatoms. The Hall–Kier alpha value is -1.11. The molecular formula is C12H20ClN5O. The van der Waals surface area contributed by atoms with E-state index >= 15 is 0 Å². The summed E-state index contributed by atoms with van der Waals surface area (Å²) >= 11 is 5.99. The van der Waals surface area contributed by atoms with Crippen molar-refractivity contribution in [3.63, 3.8) is 0 Å². The Balaban J connectivity index is 1.96. The van der Waals surface area contributed by atoms with Crippen LogP contribution in [0.4, 0.5) is 5.82 Å². The standard InChI is InChI=1S/C12H20ClN5O/c1-9(6-14)7-17-2-4-18(5-3-17)11-10(13)12(19)16-8-15-11/h8-9H,2-7,14H2,1H3,(H,15,16,19). The normalized spacial score (nSPS) is 18.6. The molecule has 2 rings (SSSR count). The van der Waals surface area contributed by atoms with Gasteiger partial charge in [0.15, 0.2) is 5.82 Å². The number of hydrogen-bond acceptors (Lipinski definition) is 5. The predicted octanol–water partition coefficient (Wildman–Crippen LogP) is 0.140. The van der Waals surface area contributed by atoms with Gasteiger partial charge in [0.1, 0.15) is 5.02 Å². The topological polar surface area (TPSA) is 78.2 Å². The molecule has 1 aromatic rings. The lowest BCUT2D eigenvalue weighted by atomic mass is 10.1. The fourth-order valence-corrected chi connectivity index (χ4v) is 2.47. The van der Waals surface area contributed by atoms with Crippen molar-refractivity contribution >= 4 is 17.4 Å². The summed E-state index contributed by atoms with van der Waals surface area (Å²) in [5, 5.41) is 0.172. The molecule has 6 nitrogen and oxygen atoms in total. The SMILES string of the molecule is CC(CN)CN1CCN(c2nc[nH]c(=O)c2Cl)CC1. The van der Waals surface area contributed by atoms with Gasteiger partial charge in [0.25, 0.3) is 5.56 Å². The molecule has 0 radical (unpaired) electrons. The van der Waals surface area contributed by atoms with E-state index in [1.807, 2.05) is 0 Å². The molecular weight excluding hydrogens is 266 g/mol. The number of hydrogen-bond donors (Lipinski definition) is 2. The smallest absolute Gasteiger partial charge is 0.271 e. The second-order valence-corrected chi connectivity index (χ2v) is 5.38. The van der Waals surface area contributed by atoms with Crippen LogP contribution < -0.4 is 16.2 Å². The third kappa shape index (κ3) is 3.46. The summed E-state index contributed by atoms with van der Waals surface area (Å²) in [6.45, 7) is 7.41. The Bertz CT molecular complexity index is 469. The predicted molar refractivity (Wildman–Crippen MR) is 76.7 cm³/mol. The van der Waals surface area contributed by atoms with Crippen LogP contribution in [-0.4, -0.2) is 54.1 Å². The van der Waals surface area contributed by atoms with Gasteiger partial charge in [-0.2, -0.15) is 0 Å². The number of H-pyrrole nitrogens is 1. The first-order chi connectivity index (χ1) is 9.11. The number of aromatic amines is 1. The van der Waals surface area contributed by atoms with Crippen LogP contribution in [0.25, 0.3) is 0 Å². The molecule has 0 bridgehead atoms. The van der Waals surface area contributed by atoms with Crippen molar-refractivity contribution in [2.75, 3.05) is 44.2 Å². The summed E-state index contributed by atoms with van der Waals surface area (Å²) < 4.78 is 0. The minimum atomic E-state index is -0.286. The van der Waals surface area contributed by atoms with E-state index in [2.05, 4.69) is 26.7 Å². The second-order valence-electron chi connectivity index (χ2n) is 5.00. The van der Waals surface area contributed by atoms with Crippen LogP contribution in [-0.2, 0) is 0 Å². The highest BCUT2D eigenvalue weighted by Crippen LogP contribution is 2.19. The van der Waals surface area contributed by atoms with E-state index < -0.39 is 0 Å². The zero-order valence-electron chi connectivity index (χ0n) is 11.1. The molecule has 0 aliphatic carbocycles. The average Bonchev–Trinajstić information content (AvgIpc) is 2.43. The minimum absolute atomic E-state index is 0.172. The summed E-state index contributed by atoms with van der Waals surface area (Å²) in [4.78, 5) is 22.5. The maximum absolute atomic E-state index is 11.5. The van der Waals surface area contributed by atoms with Crippen molar-refractivity contribution in [2.45, 2.75) is 6.92 Å². The fourth-order valence-electron chi connectivity index (χ4n) is 2.25. The highest BCUT2D eigenvalue weighted by molar-refractivity contribution is 6.32. The van der Waals surface area contributed by atoms with E-state index in [4.69, 9.17) is 17.3 Å². The molecule has 106 valence electrons. The lowest BCUT2D eigenvalue weighted by Gasteiger charge is -2.36. The summed E-state index contributed by atoms with van der Waals surface area (Å²) in [7, 11) is 0. The molecule has 0 aromatic carbocycles. The van der Waals surface area contributed by atoms with Crippen LogP contribution in [0.5, 0.6) is 0 Å². The summed E-state index contributed by atoms with van der Waals surface area (Å²) in [5.41, 5.74) is 5.36. The molecule has 1 aliphatic rings. The monoisotopic (exact) mass is 285 g/mol. The Morgan fingerprint density at radius 3 is 2.79 bits per heavy atom. The summed E-state index contributed by atoms with van der Waals surface area (Å²) in [6.07, 6.45) is 1.40. The van der Waals surface area contributed by atoms with Crippen molar-refractivity contribution in [3.8, 4) is 0 Å². The van der Waals surface area contributed by atoms with Gasteiger partial charge in [-0.25, -0.2) is 4.98 Å². The van der Waals surface area contributed by atoms with Crippen molar-refractivity contribution in [1.82, 2.24) is 14.9 Å². The van der Waals surface area contributed by atoms with Gasteiger partial charge < -0.3 is 15.6 Å². The first kappa shape index (κ1) is 14.3. The van der Waals surface area contributed by atoms with Crippen LogP contribution in [0.1, 0.15) is 6.92 Å². The van der Waals surface area contributed by atoms with Gasteiger partial charge in [-0.3, -0.25) is 9.69 Å². The van der Waals surface area contributed by atoms with E-state index in [0.29, 0.717) is 18.3 Å². The van der Waals surface area contributed by atoms with E-state index in [-0.39, 0.29) is 10.6 Å². The third-order valence-electron chi connectivity index (χ3n) is 3.42. The third-order valence-corrected chi connectivity index (χ3v) is 3.76. The van der Waals surface area contributed by atoms with Gasteiger partial charge in [-0.1, -0.05) is 18.5 Å². The largest absolute Gasteiger partial charge is 0.353 e. The number of rotatable bonds is 4. The van der Waals surface area contributed by atoms with E-state index in [1.54, 1.807) is 0 Å². The van der Waals surface area contributed by atoms with Crippen LogP contribution in [0.3, 0.4) is 0 Å². The molecule has 19 heavy (non-hydrogen) atoms. The van der Waals surface area contributed by atoms with Crippen LogP contribution in [0.15, 0.2) is 11.1 Å². The number of nitrogens with one attached hydrogen (secondary N) is 1. The average molecular weight is 286 g/mol. The van der Waals surface area contributed by atoms with Crippen molar-refractivity contribution < 1.29 is 0 Å². The summed E-state index contributed by atoms with van der Waals surface area (Å²) in [5.74, 6) is 1.09.